The molecule has 6 heteroatoms. The largest absolute Gasteiger partial charge is 0.357 e. The van der Waals surface area contributed by atoms with Gasteiger partial charge in [-0.2, -0.15) is 0 Å². The third kappa shape index (κ3) is 3.15. The van der Waals surface area contributed by atoms with Crippen molar-refractivity contribution in [2.75, 3.05) is 18.5 Å². The molecule has 104 valence electrons. The number of piperidine rings is 1. The fourth-order valence-electron chi connectivity index (χ4n) is 2.40. The highest BCUT2D eigenvalue weighted by Gasteiger charge is 2.29. The molecule has 19 heavy (non-hydrogen) atoms. The maximum atomic E-state index is 12.0. The molecule has 1 N–H and O–H groups in total. The second kappa shape index (κ2) is 6.19. The quantitative estimate of drug-likeness (QED) is 0.859. The van der Waals surface area contributed by atoms with Gasteiger partial charge >= 0.3 is 0 Å². The lowest BCUT2D eigenvalue weighted by molar-refractivity contribution is -0.122. The summed E-state index contributed by atoms with van der Waals surface area (Å²) in [4.78, 5) is 22.7. The number of carbonyl (C=O) groups is 1. The van der Waals surface area contributed by atoms with Gasteiger partial charge in [-0.1, -0.05) is 18.5 Å². The summed E-state index contributed by atoms with van der Waals surface area (Å²) in [6.07, 6.45) is 3.71. The topological polar surface area (TPSA) is 58.1 Å². The Kier molecular flexibility index (Phi) is 4.58. The molecular weight excluding hydrogens is 264 g/mol. The van der Waals surface area contributed by atoms with Gasteiger partial charge in [0.15, 0.2) is 0 Å². The summed E-state index contributed by atoms with van der Waals surface area (Å²) in [6.45, 7) is 2.82. The fourth-order valence-corrected chi connectivity index (χ4v) is 2.60. The maximum absolute atomic E-state index is 12.0. The van der Waals surface area contributed by atoms with Crippen LogP contribution in [0.1, 0.15) is 32.0 Å². The number of rotatable bonds is 3. The summed E-state index contributed by atoms with van der Waals surface area (Å²) in [5, 5.41) is 3.15. The molecule has 2 heterocycles. The van der Waals surface area contributed by atoms with Gasteiger partial charge in [0, 0.05) is 26.1 Å². The van der Waals surface area contributed by atoms with Crippen molar-refractivity contribution < 1.29 is 4.79 Å². The van der Waals surface area contributed by atoms with Gasteiger partial charge in [-0.15, -0.1) is 0 Å². The Morgan fingerprint density at radius 1 is 1.53 bits per heavy atom. The van der Waals surface area contributed by atoms with Crippen LogP contribution in [-0.4, -0.2) is 35.5 Å². The summed E-state index contributed by atoms with van der Waals surface area (Å²) in [5.41, 5.74) is 0. The number of likely N-dealkylation sites (N-methyl/N-ethyl adjacent to an activating group) is 1. The highest BCUT2D eigenvalue weighted by atomic mass is 35.5. The van der Waals surface area contributed by atoms with E-state index >= 15 is 0 Å². The highest BCUT2D eigenvalue weighted by molar-refractivity contribution is 6.29. The van der Waals surface area contributed by atoms with Crippen LogP contribution in [-0.2, 0) is 11.2 Å². The molecule has 1 atom stereocenters. The van der Waals surface area contributed by atoms with E-state index in [1.165, 1.54) is 0 Å². The van der Waals surface area contributed by atoms with Gasteiger partial charge in [0.05, 0.1) is 0 Å². The van der Waals surface area contributed by atoms with Crippen molar-refractivity contribution in [1.82, 2.24) is 15.3 Å². The van der Waals surface area contributed by atoms with Gasteiger partial charge in [0.2, 0.25) is 5.91 Å². The van der Waals surface area contributed by atoms with Crippen LogP contribution in [0.2, 0.25) is 5.15 Å². The van der Waals surface area contributed by atoms with Crippen LogP contribution in [0, 0.1) is 0 Å². The molecule has 1 aromatic rings. The molecule has 1 aliphatic rings. The Morgan fingerprint density at radius 3 is 3.00 bits per heavy atom. The molecule has 0 aliphatic carbocycles. The van der Waals surface area contributed by atoms with Gasteiger partial charge in [-0.05, 0) is 19.3 Å². The SMILES string of the molecule is CCc1nc(Cl)cc(N2CCCCC2C(=O)NC)n1. The number of halogens is 1. The van der Waals surface area contributed by atoms with E-state index in [0.29, 0.717) is 11.0 Å². The van der Waals surface area contributed by atoms with Crippen LogP contribution < -0.4 is 10.2 Å². The number of hydrogen-bond acceptors (Lipinski definition) is 4. The average Bonchev–Trinajstić information content (AvgIpc) is 2.45. The van der Waals surface area contributed by atoms with Crippen molar-refractivity contribution in [3.63, 3.8) is 0 Å². The van der Waals surface area contributed by atoms with E-state index in [4.69, 9.17) is 11.6 Å². The molecule has 0 saturated carbocycles. The normalized spacial score (nSPS) is 19.3. The number of nitrogens with one attached hydrogen (secondary N) is 1. The minimum absolute atomic E-state index is 0.0347. The van der Waals surface area contributed by atoms with Crippen LogP contribution in [0.3, 0.4) is 0 Å². The van der Waals surface area contributed by atoms with Crippen molar-refractivity contribution in [2.24, 2.45) is 0 Å². The first-order valence-corrected chi connectivity index (χ1v) is 7.05. The summed E-state index contributed by atoms with van der Waals surface area (Å²) < 4.78 is 0. The van der Waals surface area contributed by atoms with E-state index in [-0.39, 0.29) is 11.9 Å². The highest BCUT2D eigenvalue weighted by Crippen LogP contribution is 2.25. The van der Waals surface area contributed by atoms with E-state index in [9.17, 15) is 4.79 Å². The van der Waals surface area contributed by atoms with Crippen molar-refractivity contribution in [3.05, 3.63) is 17.0 Å². The van der Waals surface area contributed by atoms with Crippen LogP contribution in [0.15, 0.2) is 6.07 Å². The molecule has 2 rings (SSSR count). The van der Waals surface area contributed by atoms with Crippen LogP contribution in [0.4, 0.5) is 5.82 Å². The predicted molar refractivity (Wildman–Crippen MR) is 75.5 cm³/mol. The average molecular weight is 283 g/mol. The molecule has 1 aliphatic heterocycles. The Labute approximate surface area is 118 Å². The molecule has 0 aromatic carbocycles. The van der Waals surface area contributed by atoms with E-state index in [1.807, 2.05) is 11.8 Å². The Bertz CT molecular complexity index is 466. The Hall–Kier alpha value is -1.36. The second-order valence-electron chi connectivity index (χ2n) is 4.64. The molecule has 1 fully saturated rings. The maximum Gasteiger partial charge on any atom is 0.242 e. The van der Waals surface area contributed by atoms with Crippen molar-refractivity contribution in [2.45, 2.75) is 38.6 Å². The lowest BCUT2D eigenvalue weighted by Crippen LogP contribution is -2.49. The summed E-state index contributed by atoms with van der Waals surface area (Å²) >= 11 is 6.03. The standard InChI is InChI=1S/C13H19ClN4O/c1-3-11-16-10(14)8-12(17-11)18-7-5-4-6-9(18)13(19)15-2/h8-9H,3-7H2,1-2H3,(H,15,19). The molecular formula is C13H19ClN4O. The van der Waals surface area contributed by atoms with Crippen molar-refractivity contribution in [1.29, 1.82) is 0 Å². The molecule has 0 radical (unpaired) electrons. The van der Waals surface area contributed by atoms with E-state index in [1.54, 1.807) is 13.1 Å². The first kappa shape index (κ1) is 14.1. The second-order valence-corrected chi connectivity index (χ2v) is 5.03. The fraction of sp³-hybridized carbons (Fsp3) is 0.615. The minimum Gasteiger partial charge on any atom is -0.357 e. The lowest BCUT2D eigenvalue weighted by atomic mass is 10.0. The zero-order valence-corrected chi connectivity index (χ0v) is 12.1. The van der Waals surface area contributed by atoms with Gasteiger partial charge < -0.3 is 10.2 Å². The van der Waals surface area contributed by atoms with Crippen LogP contribution in [0.5, 0.6) is 0 Å². The molecule has 0 bridgehead atoms. The van der Waals surface area contributed by atoms with E-state index < -0.39 is 0 Å². The predicted octanol–water partition coefficient (Wildman–Crippen LogP) is 1.80. The number of amides is 1. The van der Waals surface area contributed by atoms with Gasteiger partial charge in [0.25, 0.3) is 0 Å². The van der Waals surface area contributed by atoms with E-state index in [0.717, 1.165) is 38.0 Å². The number of nitrogens with zero attached hydrogens (tertiary/aromatic N) is 3. The monoisotopic (exact) mass is 282 g/mol. The molecule has 0 spiro atoms. The van der Waals surface area contributed by atoms with Crippen LogP contribution in [0.25, 0.3) is 0 Å². The number of aryl methyl sites for hydroxylation is 1. The van der Waals surface area contributed by atoms with Gasteiger partial charge in [-0.3, -0.25) is 4.79 Å². The van der Waals surface area contributed by atoms with E-state index in [2.05, 4.69) is 15.3 Å². The molecule has 5 nitrogen and oxygen atoms in total. The number of aromatic nitrogens is 2. The first-order valence-electron chi connectivity index (χ1n) is 6.67. The first-order chi connectivity index (χ1) is 9.15. The zero-order chi connectivity index (χ0) is 13.8. The number of anilines is 1. The third-order valence-corrected chi connectivity index (χ3v) is 3.58. The molecule has 1 amide bonds. The van der Waals surface area contributed by atoms with Crippen molar-refractivity contribution >= 4 is 23.3 Å². The Morgan fingerprint density at radius 2 is 2.32 bits per heavy atom. The van der Waals surface area contributed by atoms with Gasteiger partial charge in [0.1, 0.15) is 22.8 Å². The minimum atomic E-state index is -0.158. The Balaban J connectivity index is 2.31. The third-order valence-electron chi connectivity index (χ3n) is 3.39. The number of hydrogen-bond donors (Lipinski definition) is 1. The smallest absolute Gasteiger partial charge is 0.242 e. The molecule has 1 unspecified atom stereocenters. The zero-order valence-electron chi connectivity index (χ0n) is 11.3. The summed E-state index contributed by atoms with van der Waals surface area (Å²) in [7, 11) is 1.67. The summed E-state index contributed by atoms with van der Waals surface area (Å²) in [6, 6.07) is 1.58. The lowest BCUT2D eigenvalue weighted by Gasteiger charge is -2.35. The molecule has 1 saturated heterocycles. The number of carbonyl (C=O) groups excluding carboxylic acids is 1. The van der Waals surface area contributed by atoms with Crippen LogP contribution >= 0.6 is 11.6 Å². The van der Waals surface area contributed by atoms with Gasteiger partial charge in [-0.25, -0.2) is 9.97 Å². The molecule has 1 aromatic heterocycles. The summed E-state index contributed by atoms with van der Waals surface area (Å²) in [5.74, 6) is 1.50. The van der Waals surface area contributed by atoms with Crippen molar-refractivity contribution in [3.8, 4) is 0 Å².